The first-order chi connectivity index (χ1) is 9.20. The minimum atomic E-state index is 0.189. The number of ether oxygens (including phenoxy) is 1. The molecule has 2 unspecified atom stereocenters. The van der Waals surface area contributed by atoms with Gasteiger partial charge in [0.15, 0.2) is 0 Å². The molecule has 2 atom stereocenters. The second kappa shape index (κ2) is 6.39. The van der Waals surface area contributed by atoms with Crippen LogP contribution in [0.4, 0.5) is 5.69 Å². The lowest BCUT2D eigenvalue weighted by Crippen LogP contribution is -2.29. The molecule has 0 fully saturated rings. The number of hydrogen-bond acceptors (Lipinski definition) is 2. The van der Waals surface area contributed by atoms with E-state index in [1.807, 2.05) is 6.07 Å². The van der Waals surface area contributed by atoms with E-state index in [0.717, 1.165) is 5.69 Å². The van der Waals surface area contributed by atoms with E-state index < -0.39 is 0 Å². The zero-order chi connectivity index (χ0) is 13.7. The van der Waals surface area contributed by atoms with Crippen LogP contribution in [0.3, 0.4) is 0 Å². The molecule has 1 N–H and O–H groups in total. The topological polar surface area (TPSA) is 21.3 Å². The van der Waals surface area contributed by atoms with Crippen molar-refractivity contribution in [3.8, 4) is 11.1 Å². The molecule has 0 spiro atoms. The molecule has 19 heavy (non-hydrogen) atoms. The summed E-state index contributed by atoms with van der Waals surface area (Å²) in [5.41, 5.74) is 3.60. The Balaban J connectivity index is 2.07. The fraction of sp³-hybridized carbons (Fsp3) is 0.294. The van der Waals surface area contributed by atoms with Crippen LogP contribution < -0.4 is 5.32 Å². The Kier molecular flexibility index (Phi) is 4.58. The van der Waals surface area contributed by atoms with Crippen LogP contribution in [0.5, 0.6) is 0 Å². The van der Waals surface area contributed by atoms with E-state index in [1.165, 1.54) is 11.1 Å². The third-order valence-electron chi connectivity index (χ3n) is 3.46. The molecule has 0 bridgehead atoms. The van der Waals surface area contributed by atoms with Crippen LogP contribution >= 0.6 is 0 Å². The first-order valence-electron chi connectivity index (χ1n) is 6.65. The molecule has 2 aromatic rings. The van der Waals surface area contributed by atoms with Gasteiger partial charge in [-0.25, -0.2) is 0 Å². The van der Waals surface area contributed by atoms with Crippen LogP contribution in [-0.2, 0) is 4.74 Å². The van der Waals surface area contributed by atoms with Gasteiger partial charge >= 0.3 is 0 Å². The number of rotatable bonds is 5. The van der Waals surface area contributed by atoms with Crippen LogP contribution in [0.15, 0.2) is 54.6 Å². The number of methoxy groups -OCH3 is 1. The molecule has 0 heterocycles. The Labute approximate surface area is 115 Å². The van der Waals surface area contributed by atoms with Crippen molar-refractivity contribution >= 4 is 5.69 Å². The van der Waals surface area contributed by atoms with E-state index in [9.17, 15) is 0 Å². The lowest BCUT2D eigenvalue weighted by molar-refractivity contribution is 0.106. The first kappa shape index (κ1) is 13.6. The maximum absolute atomic E-state index is 5.31. The van der Waals surface area contributed by atoms with Crippen molar-refractivity contribution in [3.63, 3.8) is 0 Å². The zero-order valence-electron chi connectivity index (χ0n) is 11.8. The summed E-state index contributed by atoms with van der Waals surface area (Å²) >= 11 is 0. The molecule has 0 aliphatic rings. The van der Waals surface area contributed by atoms with Crippen molar-refractivity contribution in [2.75, 3.05) is 12.4 Å². The largest absolute Gasteiger partial charge is 0.380 e. The molecule has 0 saturated heterocycles. The lowest BCUT2D eigenvalue weighted by atomic mass is 10.1. The van der Waals surface area contributed by atoms with Crippen molar-refractivity contribution in [1.29, 1.82) is 0 Å². The molecular formula is C17H21NO. The summed E-state index contributed by atoms with van der Waals surface area (Å²) in [5.74, 6) is 0. The van der Waals surface area contributed by atoms with Gasteiger partial charge in [-0.05, 0) is 37.1 Å². The second-order valence-corrected chi connectivity index (χ2v) is 4.82. The normalized spacial score (nSPS) is 13.8. The van der Waals surface area contributed by atoms with Crippen LogP contribution in [-0.4, -0.2) is 19.3 Å². The van der Waals surface area contributed by atoms with Crippen molar-refractivity contribution < 1.29 is 4.74 Å². The third kappa shape index (κ3) is 3.58. The summed E-state index contributed by atoms with van der Waals surface area (Å²) in [5, 5.41) is 3.45. The number of hydrogen-bond donors (Lipinski definition) is 1. The Bertz CT molecular complexity index is 492. The SMILES string of the molecule is COC(C)C(C)Nc1ccc(-c2ccccc2)cc1. The lowest BCUT2D eigenvalue weighted by Gasteiger charge is -2.21. The third-order valence-corrected chi connectivity index (χ3v) is 3.46. The average Bonchev–Trinajstić information content (AvgIpc) is 2.48. The van der Waals surface area contributed by atoms with E-state index >= 15 is 0 Å². The summed E-state index contributed by atoms with van der Waals surface area (Å²) in [6.07, 6.45) is 0.189. The van der Waals surface area contributed by atoms with Crippen molar-refractivity contribution in [1.82, 2.24) is 0 Å². The molecule has 2 heteroatoms. The van der Waals surface area contributed by atoms with Crippen molar-refractivity contribution in [2.24, 2.45) is 0 Å². The molecule has 0 aliphatic carbocycles. The Morgan fingerprint density at radius 2 is 1.42 bits per heavy atom. The van der Waals surface area contributed by atoms with E-state index in [-0.39, 0.29) is 12.1 Å². The monoisotopic (exact) mass is 255 g/mol. The highest BCUT2D eigenvalue weighted by Crippen LogP contribution is 2.21. The van der Waals surface area contributed by atoms with Crippen LogP contribution in [0.1, 0.15) is 13.8 Å². The van der Waals surface area contributed by atoms with Crippen LogP contribution in [0.25, 0.3) is 11.1 Å². The number of anilines is 1. The summed E-state index contributed by atoms with van der Waals surface area (Å²) in [7, 11) is 1.74. The maximum atomic E-state index is 5.31. The first-order valence-corrected chi connectivity index (χ1v) is 6.65. The molecule has 0 radical (unpaired) electrons. The van der Waals surface area contributed by atoms with Crippen molar-refractivity contribution in [3.05, 3.63) is 54.6 Å². The fourth-order valence-corrected chi connectivity index (χ4v) is 1.97. The highest BCUT2D eigenvalue weighted by molar-refractivity contribution is 5.65. The Hall–Kier alpha value is -1.80. The molecular weight excluding hydrogens is 234 g/mol. The molecule has 2 rings (SSSR count). The minimum Gasteiger partial charge on any atom is -0.380 e. The predicted molar refractivity (Wildman–Crippen MR) is 81.4 cm³/mol. The smallest absolute Gasteiger partial charge is 0.0741 e. The van der Waals surface area contributed by atoms with Gasteiger partial charge in [-0.15, -0.1) is 0 Å². The van der Waals surface area contributed by atoms with Gasteiger partial charge in [-0.2, -0.15) is 0 Å². The number of benzene rings is 2. The quantitative estimate of drug-likeness (QED) is 0.865. The van der Waals surface area contributed by atoms with Gasteiger partial charge in [-0.3, -0.25) is 0 Å². The van der Waals surface area contributed by atoms with Gasteiger partial charge < -0.3 is 10.1 Å². The van der Waals surface area contributed by atoms with Gasteiger partial charge in [0.1, 0.15) is 0 Å². The van der Waals surface area contributed by atoms with Crippen molar-refractivity contribution in [2.45, 2.75) is 26.0 Å². The molecule has 0 aromatic heterocycles. The average molecular weight is 255 g/mol. The standard InChI is InChI=1S/C17H21NO/c1-13(14(2)19-3)18-17-11-9-16(10-12-17)15-7-5-4-6-8-15/h4-14,18H,1-3H3. The highest BCUT2D eigenvalue weighted by atomic mass is 16.5. The van der Waals surface area contributed by atoms with E-state index in [0.29, 0.717) is 0 Å². The molecule has 0 amide bonds. The maximum Gasteiger partial charge on any atom is 0.0741 e. The fourth-order valence-electron chi connectivity index (χ4n) is 1.97. The zero-order valence-corrected chi connectivity index (χ0v) is 11.8. The summed E-state index contributed by atoms with van der Waals surface area (Å²) in [6.45, 7) is 4.19. The van der Waals surface area contributed by atoms with Gasteiger partial charge in [0.25, 0.3) is 0 Å². The number of nitrogens with one attached hydrogen (secondary N) is 1. The van der Waals surface area contributed by atoms with Gasteiger partial charge in [0, 0.05) is 18.8 Å². The molecule has 0 saturated carbocycles. The minimum absolute atomic E-state index is 0.189. The van der Waals surface area contributed by atoms with Crippen LogP contribution in [0.2, 0.25) is 0 Å². The summed E-state index contributed by atoms with van der Waals surface area (Å²) < 4.78 is 5.31. The Morgan fingerprint density at radius 3 is 2.00 bits per heavy atom. The van der Waals surface area contributed by atoms with Gasteiger partial charge in [-0.1, -0.05) is 42.5 Å². The van der Waals surface area contributed by atoms with E-state index in [4.69, 9.17) is 4.74 Å². The van der Waals surface area contributed by atoms with Crippen LogP contribution in [0, 0.1) is 0 Å². The van der Waals surface area contributed by atoms with Gasteiger partial charge in [0.2, 0.25) is 0 Å². The van der Waals surface area contributed by atoms with Gasteiger partial charge in [0.05, 0.1) is 6.10 Å². The predicted octanol–water partition coefficient (Wildman–Crippen LogP) is 4.19. The molecule has 2 nitrogen and oxygen atoms in total. The van der Waals surface area contributed by atoms with E-state index in [2.05, 4.69) is 67.7 Å². The van der Waals surface area contributed by atoms with E-state index in [1.54, 1.807) is 7.11 Å². The Morgan fingerprint density at radius 1 is 0.842 bits per heavy atom. The molecule has 0 aliphatic heterocycles. The molecule has 100 valence electrons. The summed E-state index contributed by atoms with van der Waals surface area (Å²) in [4.78, 5) is 0. The summed E-state index contributed by atoms with van der Waals surface area (Å²) in [6, 6.07) is 19.2. The second-order valence-electron chi connectivity index (χ2n) is 4.82. The highest BCUT2D eigenvalue weighted by Gasteiger charge is 2.10. The molecule has 2 aromatic carbocycles.